The van der Waals surface area contributed by atoms with E-state index in [1.807, 2.05) is 0 Å². The van der Waals surface area contributed by atoms with Crippen LogP contribution in [-0.2, 0) is 19.1 Å². The number of amides is 4. The minimum atomic E-state index is -0.617. The SMILES string of the molecule is CNC(=O)CN(C)C(=O)COC(=O)CCCN1C(=O)c2ccccc2C1=O. The predicted molar refractivity (Wildman–Crippen MR) is 93.7 cm³/mol. The number of hydrogen-bond donors (Lipinski definition) is 1. The van der Waals surface area contributed by atoms with Crippen molar-refractivity contribution >= 4 is 29.6 Å². The number of fused-ring (bicyclic) bond motifs is 1. The lowest BCUT2D eigenvalue weighted by Crippen LogP contribution is -2.39. The van der Waals surface area contributed by atoms with Gasteiger partial charge in [-0.3, -0.25) is 28.9 Å². The number of imide groups is 1. The molecule has 0 aliphatic carbocycles. The van der Waals surface area contributed by atoms with Crippen LogP contribution in [0.4, 0.5) is 0 Å². The molecule has 1 aliphatic heterocycles. The van der Waals surface area contributed by atoms with Crippen molar-refractivity contribution in [3.05, 3.63) is 35.4 Å². The molecule has 0 fully saturated rings. The summed E-state index contributed by atoms with van der Waals surface area (Å²) in [6.07, 6.45) is 0.187. The first-order chi connectivity index (χ1) is 12.8. The maximum absolute atomic E-state index is 12.2. The zero-order chi connectivity index (χ0) is 20.0. The van der Waals surface area contributed by atoms with Crippen LogP contribution in [0.2, 0.25) is 0 Å². The fourth-order valence-electron chi connectivity index (χ4n) is 2.53. The lowest BCUT2D eigenvalue weighted by atomic mass is 10.1. The molecule has 0 bridgehead atoms. The van der Waals surface area contributed by atoms with E-state index in [2.05, 4.69) is 5.32 Å². The summed E-state index contributed by atoms with van der Waals surface area (Å²) in [5, 5.41) is 2.38. The minimum absolute atomic E-state index is 0.0418. The van der Waals surface area contributed by atoms with Crippen LogP contribution < -0.4 is 5.32 Å². The van der Waals surface area contributed by atoms with Gasteiger partial charge in [0.15, 0.2) is 6.61 Å². The zero-order valence-electron chi connectivity index (χ0n) is 15.2. The van der Waals surface area contributed by atoms with Gasteiger partial charge in [-0.1, -0.05) is 12.1 Å². The number of carbonyl (C=O) groups is 5. The molecular formula is C18H21N3O6. The number of esters is 1. The molecule has 1 heterocycles. The highest BCUT2D eigenvalue weighted by molar-refractivity contribution is 6.21. The van der Waals surface area contributed by atoms with Gasteiger partial charge in [0.05, 0.1) is 17.7 Å². The number of rotatable bonds is 8. The van der Waals surface area contributed by atoms with Crippen molar-refractivity contribution in [3.63, 3.8) is 0 Å². The van der Waals surface area contributed by atoms with Crippen LogP contribution in [0.5, 0.6) is 0 Å². The summed E-state index contributed by atoms with van der Waals surface area (Å²) in [6.45, 7) is -0.516. The number of ether oxygens (including phenoxy) is 1. The molecule has 0 saturated heterocycles. The molecule has 0 radical (unpaired) electrons. The molecule has 0 spiro atoms. The Morgan fingerprint density at radius 1 is 1.11 bits per heavy atom. The molecule has 1 N–H and O–H groups in total. The monoisotopic (exact) mass is 375 g/mol. The van der Waals surface area contributed by atoms with Crippen molar-refractivity contribution < 1.29 is 28.7 Å². The normalized spacial score (nSPS) is 12.6. The molecule has 144 valence electrons. The van der Waals surface area contributed by atoms with Gasteiger partial charge in [0.25, 0.3) is 17.7 Å². The van der Waals surface area contributed by atoms with Crippen molar-refractivity contribution in [3.8, 4) is 0 Å². The van der Waals surface area contributed by atoms with E-state index in [4.69, 9.17) is 4.74 Å². The third-order valence-corrected chi connectivity index (χ3v) is 4.08. The fourth-order valence-corrected chi connectivity index (χ4v) is 2.53. The van der Waals surface area contributed by atoms with Gasteiger partial charge in [0.2, 0.25) is 5.91 Å². The van der Waals surface area contributed by atoms with Gasteiger partial charge in [0.1, 0.15) is 0 Å². The number of carbonyl (C=O) groups excluding carboxylic acids is 5. The summed E-state index contributed by atoms with van der Waals surface area (Å²) in [5.74, 6) is -2.22. The van der Waals surface area contributed by atoms with Gasteiger partial charge in [-0.15, -0.1) is 0 Å². The molecule has 0 atom stereocenters. The zero-order valence-corrected chi connectivity index (χ0v) is 15.2. The average molecular weight is 375 g/mol. The highest BCUT2D eigenvalue weighted by Crippen LogP contribution is 2.22. The first-order valence-corrected chi connectivity index (χ1v) is 8.40. The first-order valence-electron chi connectivity index (χ1n) is 8.40. The Hall–Kier alpha value is -3.23. The third kappa shape index (κ3) is 4.90. The van der Waals surface area contributed by atoms with E-state index in [0.717, 1.165) is 9.80 Å². The molecule has 1 aliphatic rings. The number of nitrogens with one attached hydrogen (secondary N) is 1. The van der Waals surface area contributed by atoms with E-state index in [1.54, 1.807) is 24.3 Å². The molecule has 1 aromatic carbocycles. The topological polar surface area (TPSA) is 113 Å². The number of likely N-dealkylation sites (N-methyl/N-ethyl adjacent to an activating group) is 2. The third-order valence-electron chi connectivity index (χ3n) is 4.08. The quantitative estimate of drug-likeness (QED) is 0.498. The van der Waals surface area contributed by atoms with Crippen LogP contribution in [0.1, 0.15) is 33.6 Å². The van der Waals surface area contributed by atoms with Crippen LogP contribution in [-0.4, -0.2) is 73.2 Å². The number of hydrogen-bond acceptors (Lipinski definition) is 6. The van der Waals surface area contributed by atoms with Crippen LogP contribution in [0.15, 0.2) is 24.3 Å². The second-order valence-corrected chi connectivity index (χ2v) is 5.99. The standard InChI is InChI=1S/C18H21N3O6/c1-19-14(22)10-20(2)15(23)11-27-16(24)8-5-9-21-17(25)12-6-3-4-7-13(12)18(21)26/h3-4,6-7H,5,8-11H2,1-2H3,(H,19,22). The summed E-state index contributed by atoms with van der Waals surface area (Å²) in [5.41, 5.74) is 0.713. The smallest absolute Gasteiger partial charge is 0.306 e. The van der Waals surface area contributed by atoms with Gasteiger partial charge in [-0.05, 0) is 18.6 Å². The fraction of sp³-hybridized carbons (Fsp3) is 0.389. The van der Waals surface area contributed by atoms with Crippen LogP contribution in [0.25, 0.3) is 0 Å². The Kier molecular flexibility index (Phi) is 6.64. The van der Waals surface area contributed by atoms with E-state index in [0.29, 0.717) is 11.1 Å². The average Bonchev–Trinajstić information content (AvgIpc) is 2.91. The van der Waals surface area contributed by atoms with Crippen molar-refractivity contribution in [2.75, 3.05) is 33.8 Å². The molecule has 2 rings (SSSR count). The lowest BCUT2D eigenvalue weighted by Gasteiger charge is -2.16. The maximum atomic E-state index is 12.2. The number of benzene rings is 1. The van der Waals surface area contributed by atoms with E-state index in [9.17, 15) is 24.0 Å². The van der Waals surface area contributed by atoms with E-state index < -0.39 is 18.5 Å². The summed E-state index contributed by atoms with van der Waals surface area (Å²) < 4.78 is 4.87. The van der Waals surface area contributed by atoms with Gasteiger partial charge in [-0.25, -0.2) is 0 Å². The second kappa shape index (κ2) is 8.93. The Balaban J connectivity index is 1.73. The van der Waals surface area contributed by atoms with Crippen molar-refractivity contribution in [1.82, 2.24) is 15.1 Å². The Morgan fingerprint density at radius 2 is 1.70 bits per heavy atom. The highest BCUT2D eigenvalue weighted by Gasteiger charge is 2.34. The van der Waals surface area contributed by atoms with E-state index >= 15 is 0 Å². The minimum Gasteiger partial charge on any atom is -0.456 e. The van der Waals surface area contributed by atoms with Gasteiger partial charge >= 0.3 is 5.97 Å². The summed E-state index contributed by atoms with van der Waals surface area (Å²) in [6, 6.07) is 6.54. The molecular weight excluding hydrogens is 354 g/mol. The summed E-state index contributed by atoms with van der Waals surface area (Å²) >= 11 is 0. The molecule has 4 amide bonds. The summed E-state index contributed by atoms with van der Waals surface area (Å²) in [4.78, 5) is 61.3. The number of nitrogens with zero attached hydrogens (tertiary/aromatic N) is 2. The van der Waals surface area contributed by atoms with Crippen molar-refractivity contribution in [2.24, 2.45) is 0 Å². The maximum Gasteiger partial charge on any atom is 0.306 e. The molecule has 0 unspecified atom stereocenters. The largest absolute Gasteiger partial charge is 0.456 e. The first kappa shape index (κ1) is 20.1. The van der Waals surface area contributed by atoms with Crippen molar-refractivity contribution in [2.45, 2.75) is 12.8 Å². The van der Waals surface area contributed by atoms with Gasteiger partial charge in [-0.2, -0.15) is 0 Å². The Labute approximate surface area is 156 Å². The predicted octanol–water partition coefficient (Wildman–Crippen LogP) is -0.190. The molecule has 0 aromatic heterocycles. The van der Waals surface area contributed by atoms with Crippen LogP contribution >= 0.6 is 0 Å². The van der Waals surface area contributed by atoms with E-state index in [-0.39, 0.29) is 43.7 Å². The molecule has 1 aromatic rings. The Bertz CT molecular complexity index is 741. The molecule has 27 heavy (non-hydrogen) atoms. The second-order valence-electron chi connectivity index (χ2n) is 5.99. The highest BCUT2D eigenvalue weighted by atomic mass is 16.5. The van der Waals surface area contributed by atoms with Gasteiger partial charge in [0, 0.05) is 27.1 Å². The van der Waals surface area contributed by atoms with Crippen LogP contribution in [0, 0.1) is 0 Å². The lowest BCUT2D eigenvalue weighted by molar-refractivity contribution is -0.152. The molecule has 9 heteroatoms. The molecule has 9 nitrogen and oxygen atoms in total. The van der Waals surface area contributed by atoms with Crippen molar-refractivity contribution in [1.29, 1.82) is 0 Å². The van der Waals surface area contributed by atoms with E-state index in [1.165, 1.54) is 14.1 Å². The van der Waals surface area contributed by atoms with Crippen LogP contribution in [0.3, 0.4) is 0 Å². The van der Waals surface area contributed by atoms with Gasteiger partial charge < -0.3 is 15.0 Å². The Morgan fingerprint density at radius 3 is 2.26 bits per heavy atom. The molecule has 0 saturated carbocycles. The summed E-state index contributed by atoms with van der Waals surface area (Å²) in [7, 11) is 2.88.